The molecule has 0 saturated carbocycles. The number of benzene rings is 1. The van der Waals surface area contributed by atoms with Gasteiger partial charge in [0.05, 0.1) is 5.69 Å². The van der Waals surface area contributed by atoms with Crippen molar-refractivity contribution in [1.82, 2.24) is 19.6 Å². The zero-order valence-electron chi connectivity index (χ0n) is 13.1. The third-order valence-corrected chi connectivity index (χ3v) is 4.41. The summed E-state index contributed by atoms with van der Waals surface area (Å²) in [5, 5.41) is 13.5. The van der Waals surface area contributed by atoms with Gasteiger partial charge in [0.1, 0.15) is 0 Å². The van der Waals surface area contributed by atoms with E-state index in [2.05, 4.69) is 46.2 Å². The van der Waals surface area contributed by atoms with Crippen molar-refractivity contribution in [3.05, 3.63) is 48.3 Å². The molecule has 0 spiro atoms. The van der Waals surface area contributed by atoms with Crippen LogP contribution in [0.2, 0.25) is 0 Å². The van der Waals surface area contributed by atoms with E-state index in [9.17, 15) is 5.11 Å². The molecule has 1 unspecified atom stereocenters. The molecule has 0 amide bonds. The number of hydrogen-bond acceptors (Lipinski definition) is 4. The molecule has 1 N–H and O–H groups in total. The molecule has 1 aliphatic heterocycles. The Morgan fingerprint density at radius 3 is 2.95 bits per heavy atom. The fourth-order valence-electron chi connectivity index (χ4n) is 3.09. The van der Waals surface area contributed by atoms with Crippen LogP contribution in [-0.4, -0.2) is 64.0 Å². The molecule has 2 aromatic rings. The maximum Gasteiger partial charge on any atom is 0.0648 e. The number of aromatic nitrogens is 2. The number of piperazine rings is 1. The van der Waals surface area contributed by atoms with E-state index < -0.39 is 0 Å². The number of likely N-dealkylation sites (N-methyl/N-ethyl adjacent to an activating group) is 1. The molecule has 1 saturated heterocycles. The lowest BCUT2D eigenvalue weighted by Gasteiger charge is -2.39. The first-order valence-corrected chi connectivity index (χ1v) is 7.88. The van der Waals surface area contributed by atoms with Crippen molar-refractivity contribution in [3.8, 4) is 5.69 Å². The number of hydrogen-bond donors (Lipinski definition) is 1. The zero-order chi connectivity index (χ0) is 15.4. The molecule has 5 heteroatoms. The highest BCUT2D eigenvalue weighted by Crippen LogP contribution is 2.16. The Balaban J connectivity index is 1.67. The topological polar surface area (TPSA) is 44.5 Å². The molecule has 3 rings (SSSR count). The quantitative estimate of drug-likeness (QED) is 0.906. The molecule has 1 aromatic heterocycles. The number of aliphatic hydroxyl groups is 1. The van der Waals surface area contributed by atoms with Crippen LogP contribution < -0.4 is 0 Å². The Morgan fingerprint density at radius 1 is 1.27 bits per heavy atom. The van der Waals surface area contributed by atoms with Crippen LogP contribution in [0.25, 0.3) is 5.69 Å². The van der Waals surface area contributed by atoms with Crippen LogP contribution in [-0.2, 0) is 6.54 Å². The maximum atomic E-state index is 9.20. The maximum absolute atomic E-state index is 9.20. The summed E-state index contributed by atoms with van der Waals surface area (Å²) in [5.41, 5.74) is 2.41. The minimum atomic E-state index is 0.262. The molecule has 0 aliphatic carbocycles. The average Bonchev–Trinajstić information content (AvgIpc) is 3.06. The van der Waals surface area contributed by atoms with Crippen molar-refractivity contribution in [1.29, 1.82) is 0 Å². The largest absolute Gasteiger partial charge is 0.396 e. The Morgan fingerprint density at radius 2 is 2.18 bits per heavy atom. The van der Waals surface area contributed by atoms with Gasteiger partial charge in [-0.15, -0.1) is 0 Å². The summed E-state index contributed by atoms with van der Waals surface area (Å²) in [6.07, 6.45) is 4.61. The van der Waals surface area contributed by atoms with Gasteiger partial charge in [-0.1, -0.05) is 12.1 Å². The number of nitrogens with zero attached hydrogens (tertiary/aromatic N) is 4. The van der Waals surface area contributed by atoms with Gasteiger partial charge < -0.3 is 10.0 Å². The summed E-state index contributed by atoms with van der Waals surface area (Å²) in [6, 6.07) is 10.9. The summed E-state index contributed by atoms with van der Waals surface area (Å²) in [4.78, 5) is 4.83. The molecule has 0 bridgehead atoms. The lowest BCUT2D eigenvalue weighted by molar-refractivity contribution is 0.0743. The summed E-state index contributed by atoms with van der Waals surface area (Å²) in [5.74, 6) is 0. The van der Waals surface area contributed by atoms with Crippen LogP contribution in [0.1, 0.15) is 12.0 Å². The molecule has 1 fully saturated rings. The van der Waals surface area contributed by atoms with Gasteiger partial charge in [-0.05, 0) is 37.2 Å². The molecule has 2 heterocycles. The summed E-state index contributed by atoms with van der Waals surface area (Å²) < 4.78 is 1.89. The van der Waals surface area contributed by atoms with Gasteiger partial charge >= 0.3 is 0 Å². The second-order valence-electron chi connectivity index (χ2n) is 6.00. The fraction of sp³-hybridized carbons (Fsp3) is 0.471. The molecule has 1 aliphatic rings. The first kappa shape index (κ1) is 15.2. The Bertz CT molecular complexity index is 584. The highest BCUT2D eigenvalue weighted by atomic mass is 16.3. The van der Waals surface area contributed by atoms with Crippen LogP contribution in [0.5, 0.6) is 0 Å². The fourth-order valence-corrected chi connectivity index (χ4v) is 3.09. The van der Waals surface area contributed by atoms with E-state index in [-0.39, 0.29) is 6.61 Å². The highest BCUT2D eigenvalue weighted by Gasteiger charge is 2.23. The third-order valence-electron chi connectivity index (χ3n) is 4.41. The van der Waals surface area contributed by atoms with Crippen molar-refractivity contribution in [3.63, 3.8) is 0 Å². The van der Waals surface area contributed by atoms with Gasteiger partial charge in [0.2, 0.25) is 0 Å². The van der Waals surface area contributed by atoms with Gasteiger partial charge in [-0.25, -0.2) is 4.68 Å². The van der Waals surface area contributed by atoms with Gasteiger partial charge in [-0.3, -0.25) is 4.90 Å². The van der Waals surface area contributed by atoms with Crippen molar-refractivity contribution in [2.45, 2.75) is 19.0 Å². The molecular weight excluding hydrogens is 276 g/mol. The van der Waals surface area contributed by atoms with Gasteiger partial charge in [0, 0.05) is 51.2 Å². The molecule has 1 atom stereocenters. The smallest absolute Gasteiger partial charge is 0.0648 e. The van der Waals surface area contributed by atoms with E-state index in [1.807, 2.05) is 16.9 Å². The van der Waals surface area contributed by atoms with Crippen LogP contribution >= 0.6 is 0 Å². The molecule has 22 heavy (non-hydrogen) atoms. The van der Waals surface area contributed by atoms with Gasteiger partial charge in [0.15, 0.2) is 0 Å². The standard InChI is InChI=1S/C17H24N4O/c1-19-9-10-20(14-17(19)6-11-22)13-15-4-2-5-16(12-15)21-8-3-7-18-21/h2-5,7-8,12,17,22H,6,9-11,13-14H2,1H3. The Labute approximate surface area is 131 Å². The first-order chi connectivity index (χ1) is 10.8. The summed E-state index contributed by atoms with van der Waals surface area (Å²) in [7, 11) is 2.15. The molecule has 1 aromatic carbocycles. The van der Waals surface area contributed by atoms with Gasteiger partial charge in [-0.2, -0.15) is 5.10 Å². The van der Waals surface area contributed by atoms with E-state index in [1.54, 1.807) is 6.20 Å². The minimum absolute atomic E-state index is 0.262. The Kier molecular flexibility index (Phi) is 4.87. The van der Waals surface area contributed by atoms with Gasteiger partial charge in [0.25, 0.3) is 0 Å². The van der Waals surface area contributed by atoms with Crippen LogP contribution in [0.3, 0.4) is 0 Å². The van der Waals surface area contributed by atoms with Crippen molar-refractivity contribution in [2.24, 2.45) is 0 Å². The summed E-state index contributed by atoms with van der Waals surface area (Å²) in [6.45, 7) is 4.36. The average molecular weight is 300 g/mol. The van der Waals surface area contributed by atoms with Crippen molar-refractivity contribution >= 4 is 0 Å². The van der Waals surface area contributed by atoms with Crippen LogP contribution in [0.4, 0.5) is 0 Å². The van der Waals surface area contributed by atoms with E-state index in [4.69, 9.17) is 0 Å². The van der Waals surface area contributed by atoms with Crippen molar-refractivity contribution in [2.75, 3.05) is 33.3 Å². The van der Waals surface area contributed by atoms with E-state index >= 15 is 0 Å². The summed E-state index contributed by atoms with van der Waals surface area (Å²) >= 11 is 0. The zero-order valence-corrected chi connectivity index (χ0v) is 13.1. The molecule has 0 radical (unpaired) electrons. The highest BCUT2D eigenvalue weighted by molar-refractivity contribution is 5.35. The predicted molar refractivity (Wildman–Crippen MR) is 87.0 cm³/mol. The third kappa shape index (κ3) is 3.55. The lowest BCUT2D eigenvalue weighted by Crippen LogP contribution is -2.51. The lowest BCUT2D eigenvalue weighted by atomic mass is 10.1. The minimum Gasteiger partial charge on any atom is -0.396 e. The Hall–Kier alpha value is -1.69. The van der Waals surface area contributed by atoms with E-state index in [1.165, 1.54) is 5.56 Å². The van der Waals surface area contributed by atoms with Crippen LogP contribution in [0.15, 0.2) is 42.7 Å². The predicted octanol–water partition coefficient (Wildman–Crippen LogP) is 1.37. The second kappa shape index (κ2) is 7.05. The normalized spacial score (nSPS) is 20.4. The van der Waals surface area contributed by atoms with E-state index in [0.717, 1.165) is 38.3 Å². The van der Waals surface area contributed by atoms with Crippen molar-refractivity contribution < 1.29 is 5.11 Å². The molecular formula is C17H24N4O. The number of aliphatic hydroxyl groups excluding tert-OH is 1. The molecule has 5 nitrogen and oxygen atoms in total. The van der Waals surface area contributed by atoms with Crippen LogP contribution in [0, 0.1) is 0 Å². The molecule has 118 valence electrons. The first-order valence-electron chi connectivity index (χ1n) is 7.88. The van der Waals surface area contributed by atoms with E-state index in [0.29, 0.717) is 6.04 Å². The second-order valence-corrected chi connectivity index (χ2v) is 6.00. The SMILES string of the molecule is CN1CCN(Cc2cccc(-n3cccn3)c2)CC1CCO. The monoisotopic (exact) mass is 300 g/mol. The number of rotatable bonds is 5.